The molecule has 0 bridgehead atoms. The zero-order chi connectivity index (χ0) is 12.8. The van der Waals surface area contributed by atoms with Crippen molar-refractivity contribution in [1.82, 2.24) is 10.2 Å². The second kappa shape index (κ2) is 6.91. The number of unbranched alkanes of at least 4 members (excludes halogenated alkanes) is 3. The van der Waals surface area contributed by atoms with Crippen molar-refractivity contribution in [2.45, 2.75) is 71.3 Å². The van der Waals surface area contributed by atoms with Crippen molar-refractivity contribution in [3.05, 3.63) is 0 Å². The Bertz CT molecular complexity index is 233. The largest absolute Gasteiger partial charge is 0.314 e. The van der Waals surface area contributed by atoms with E-state index in [1.165, 1.54) is 77.5 Å². The summed E-state index contributed by atoms with van der Waals surface area (Å²) in [4.78, 5) is 2.69. The Morgan fingerprint density at radius 2 is 1.89 bits per heavy atom. The van der Waals surface area contributed by atoms with E-state index in [9.17, 15) is 0 Å². The van der Waals surface area contributed by atoms with E-state index in [0.717, 1.165) is 6.04 Å². The summed E-state index contributed by atoms with van der Waals surface area (Å²) >= 11 is 0. The smallest absolute Gasteiger partial charge is 0.00682 e. The molecule has 0 amide bonds. The van der Waals surface area contributed by atoms with E-state index in [2.05, 4.69) is 24.1 Å². The number of hydrogen-bond acceptors (Lipinski definition) is 2. The van der Waals surface area contributed by atoms with Gasteiger partial charge in [-0.3, -0.25) is 0 Å². The monoisotopic (exact) mass is 252 g/mol. The predicted molar refractivity (Wildman–Crippen MR) is 78.9 cm³/mol. The van der Waals surface area contributed by atoms with Crippen molar-refractivity contribution in [1.29, 1.82) is 0 Å². The van der Waals surface area contributed by atoms with Crippen LogP contribution < -0.4 is 5.32 Å². The lowest BCUT2D eigenvalue weighted by molar-refractivity contribution is 0.116. The lowest BCUT2D eigenvalue weighted by Crippen LogP contribution is -2.40. The second-order valence-corrected chi connectivity index (χ2v) is 7.19. The van der Waals surface area contributed by atoms with Crippen LogP contribution in [0.15, 0.2) is 0 Å². The van der Waals surface area contributed by atoms with E-state index in [1.807, 2.05) is 0 Å². The molecule has 0 spiro atoms. The van der Waals surface area contributed by atoms with Crippen LogP contribution in [0.25, 0.3) is 0 Å². The van der Waals surface area contributed by atoms with Crippen LogP contribution in [0.4, 0.5) is 0 Å². The maximum atomic E-state index is 3.60. The molecule has 2 heteroatoms. The molecule has 0 aromatic heterocycles. The van der Waals surface area contributed by atoms with E-state index in [1.54, 1.807) is 0 Å². The average Bonchev–Trinajstić information content (AvgIpc) is 3.10. The molecule has 0 aromatic rings. The summed E-state index contributed by atoms with van der Waals surface area (Å²) in [6, 6.07) is 0.889. The fourth-order valence-corrected chi connectivity index (χ4v) is 3.14. The van der Waals surface area contributed by atoms with Gasteiger partial charge in [-0.2, -0.15) is 0 Å². The van der Waals surface area contributed by atoms with Gasteiger partial charge in [-0.15, -0.1) is 0 Å². The molecule has 1 N–H and O–H groups in total. The molecule has 2 rings (SSSR count). The van der Waals surface area contributed by atoms with Crippen molar-refractivity contribution in [3.63, 3.8) is 0 Å². The zero-order valence-electron chi connectivity index (χ0n) is 12.5. The van der Waals surface area contributed by atoms with Gasteiger partial charge in [0.05, 0.1) is 0 Å². The molecule has 1 heterocycles. The molecule has 2 fully saturated rings. The van der Waals surface area contributed by atoms with E-state index in [0.29, 0.717) is 5.41 Å². The van der Waals surface area contributed by atoms with Crippen LogP contribution in [0.2, 0.25) is 0 Å². The molecule has 106 valence electrons. The second-order valence-electron chi connectivity index (χ2n) is 7.19. The molecular weight excluding hydrogens is 220 g/mol. The summed E-state index contributed by atoms with van der Waals surface area (Å²) in [6.45, 7) is 10.1. The Morgan fingerprint density at radius 3 is 2.61 bits per heavy atom. The topological polar surface area (TPSA) is 15.3 Å². The highest BCUT2D eigenvalue weighted by atomic mass is 15.1. The molecule has 1 aliphatic carbocycles. The SMILES string of the molecule is CC1(C)CCCN(CCCCCCNC2CC2)C1. The highest BCUT2D eigenvalue weighted by molar-refractivity contribution is 4.80. The zero-order valence-corrected chi connectivity index (χ0v) is 12.5. The van der Waals surface area contributed by atoms with Gasteiger partial charge < -0.3 is 10.2 Å². The normalized spacial score (nSPS) is 24.3. The summed E-state index contributed by atoms with van der Waals surface area (Å²) in [7, 11) is 0. The van der Waals surface area contributed by atoms with Crippen LogP contribution in [0.3, 0.4) is 0 Å². The van der Waals surface area contributed by atoms with E-state index < -0.39 is 0 Å². The Balaban J connectivity index is 1.42. The minimum Gasteiger partial charge on any atom is -0.314 e. The summed E-state index contributed by atoms with van der Waals surface area (Å²) in [5, 5.41) is 3.60. The first-order chi connectivity index (χ1) is 8.66. The summed E-state index contributed by atoms with van der Waals surface area (Å²) in [6.07, 6.45) is 11.3. The Labute approximate surface area is 114 Å². The Morgan fingerprint density at radius 1 is 1.11 bits per heavy atom. The number of rotatable bonds is 8. The van der Waals surface area contributed by atoms with Crippen LogP contribution in [-0.4, -0.2) is 37.1 Å². The van der Waals surface area contributed by atoms with Crippen molar-refractivity contribution in [3.8, 4) is 0 Å². The molecule has 0 radical (unpaired) electrons. The number of nitrogens with zero attached hydrogens (tertiary/aromatic N) is 1. The van der Waals surface area contributed by atoms with Gasteiger partial charge in [0.25, 0.3) is 0 Å². The predicted octanol–water partition coefficient (Wildman–Crippen LogP) is 3.42. The quantitative estimate of drug-likeness (QED) is 0.666. The van der Waals surface area contributed by atoms with Crippen molar-refractivity contribution >= 4 is 0 Å². The van der Waals surface area contributed by atoms with Crippen molar-refractivity contribution < 1.29 is 0 Å². The number of nitrogens with one attached hydrogen (secondary N) is 1. The Hall–Kier alpha value is -0.0800. The highest BCUT2D eigenvalue weighted by Crippen LogP contribution is 2.28. The highest BCUT2D eigenvalue weighted by Gasteiger charge is 2.25. The maximum Gasteiger partial charge on any atom is 0.00682 e. The van der Waals surface area contributed by atoms with Crippen LogP contribution in [0.5, 0.6) is 0 Å². The van der Waals surface area contributed by atoms with Gasteiger partial charge in [-0.1, -0.05) is 26.7 Å². The molecule has 1 saturated carbocycles. The van der Waals surface area contributed by atoms with Crippen LogP contribution in [0.1, 0.15) is 65.2 Å². The van der Waals surface area contributed by atoms with Crippen LogP contribution in [0, 0.1) is 5.41 Å². The molecule has 1 aliphatic heterocycles. The first-order valence-corrected chi connectivity index (χ1v) is 8.11. The third-order valence-corrected chi connectivity index (χ3v) is 4.39. The standard InChI is InChI=1S/C16H32N2/c1-16(2)10-7-13-18(14-16)12-6-4-3-5-11-17-15-8-9-15/h15,17H,3-14H2,1-2H3. The van der Waals surface area contributed by atoms with Gasteiger partial charge in [0.1, 0.15) is 0 Å². The molecule has 1 saturated heterocycles. The first-order valence-electron chi connectivity index (χ1n) is 8.11. The molecule has 0 unspecified atom stereocenters. The molecule has 18 heavy (non-hydrogen) atoms. The summed E-state index contributed by atoms with van der Waals surface area (Å²) in [5.74, 6) is 0. The van der Waals surface area contributed by atoms with Crippen LogP contribution in [-0.2, 0) is 0 Å². The molecule has 0 aromatic carbocycles. The average molecular weight is 252 g/mol. The van der Waals surface area contributed by atoms with Gasteiger partial charge in [0.15, 0.2) is 0 Å². The molecule has 2 aliphatic rings. The molecule has 2 nitrogen and oxygen atoms in total. The third-order valence-electron chi connectivity index (χ3n) is 4.39. The van der Waals surface area contributed by atoms with Gasteiger partial charge in [0.2, 0.25) is 0 Å². The Kier molecular flexibility index (Phi) is 5.50. The number of likely N-dealkylation sites (tertiary alicyclic amines) is 1. The van der Waals surface area contributed by atoms with Crippen molar-refractivity contribution in [2.75, 3.05) is 26.2 Å². The first kappa shape index (κ1) is 14.3. The van der Waals surface area contributed by atoms with Gasteiger partial charge in [-0.25, -0.2) is 0 Å². The number of piperidine rings is 1. The van der Waals surface area contributed by atoms with E-state index in [-0.39, 0.29) is 0 Å². The maximum absolute atomic E-state index is 3.60. The van der Waals surface area contributed by atoms with Crippen molar-refractivity contribution in [2.24, 2.45) is 5.41 Å². The van der Waals surface area contributed by atoms with Gasteiger partial charge in [-0.05, 0) is 63.6 Å². The minimum atomic E-state index is 0.562. The lowest BCUT2D eigenvalue weighted by atomic mass is 9.84. The fraction of sp³-hybridized carbons (Fsp3) is 1.00. The summed E-state index contributed by atoms with van der Waals surface area (Å²) < 4.78 is 0. The van der Waals surface area contributed by atoms with Crippen LogP contribution >= 0.6 is 0 Å². The van der Waals surface area contributed by atoms with E-state index >= 15 is 0 Å². The molecule has 0 atom stereocenters. The lowest BCUT2D eigenvalue weighted by Gasteiger charge is -2.38. The minimum absolute atomic E-state index is 0.562. The third kappa shape index (κ3) is 5.71. The van der Waals surface area contributed by atoms with E-state index in [4.69, 9.17) is 0 Å². The summed E-state index contributed by atoms with van der Waals surface area (Å²) in [5.41, 5.74) is 0.562. The fourth-order valence-electron chi connectivity index (χ4n) is 3.14. The number of hydrogen-bond donors (Lipinski definition) is 1. The molecular formula is C16H32N2. The van der Waals surface area contributed by atoms with Gasteiger partial charge >= 0.3 is 0 Å². The van der Waals surface area contributed by atoms with Gasteiger partial charge in [0, 0.05) is 12.6 Å².